The monoisotopic (exact) mass is 394 g/mol. The number of hydrogen-bond donors (Lipinski definition) is 0. The van der Waals surface area contributed by atoms with Gasteiger partial charge in [-0.3, -0.25) is 14.7 Å². The second-order valence-corrected chi connectivity index (χ2v) is 6.74. The van der Waals surface area contributed by atoms with Crippen LogP contribution in [0.1, 0.15) is 11.7 Å². The largest absolute Gasteiger partial charge is 0.420 e. The van der Waals surface area contributed by atoms with Gasteiger partial charge in [-0.15, -0.1) is 20.4 Å². The van der Waals surface area contributed by atoms with Crippen molar-refractivity contribution in [3.8, 4) is 17.1 Å². The summed E-state index contributed by atoms with van der Waals surface area (Å²) in [6.45, 7) is 1.89. The molecular weight excluding hydrogens is 380 g/mol. The molecule has 0 amide bonds. The fourth-order valence-electron chi connectivity index (χ4n) is 2.62. The third-order valence-corrected chi connectivity index (χ3v) is 4.82. The lowest BCUT2D eigenvalue weighted by molar-refractivity contribution is -0.384. The molecule has 0 aliphatic heterocycles. The average Bonchev–Trinajstić information content (AvgIpc) is 3.34. The predicted molar refractivity (Wildman–Crippen MR) is 102 cm³/mol. The van der Waals surface area contributed by atoms with Crippen molar-refractivity contribution in [2.24, 2.45) is 0 Å². The number of benzene rings is 2. The van der Waals surface area contributed by atoms with Crippen LogP contribution in [-0.2, 0) is 5.75 Å². The summed E-state index contributed by atoms with van der Waals surface area (Å²) in [5, 5.41) is 28.0. The topological polar surface area (TPSA) is 113 Å². The molecule has 4 rings (SSSR count). The van der Waals surface area contributed by atoms with Crippen LogP contribution in [0.25, 0.3) is 17.1 Å². The standard InChI is InChI=1S/C18H14N6O3S/c1-12-19-22-18(23(12)14-7-3-2-4-8-14)28-11-16-20-21-17(27-16)13-6-5-9-15(10-13)24(25)26/h2-10H,11H2,1H3. The molecule has 0 aliphatic carbocycles. The van der Waals surface area contributed by atoms with Crippen molar-refractivity contribution >= 4 is 17.4 Å². The van der Waals surface area contributed by atoms with Crippen LogP contribution in [0, 0.1) is 17.0 Å². The molecule has 0 N–H and O–H groups in total. The van der Waals surface area contributed by atoms with Gasteiger partial charge in [0.2, 0.25) is 11.8 Å². The number of non-ortho nitro benzene ring substituents is 1. The molecule has 0 saturated heterocycles. The maximum Gasteiger partial charge on any atom is 0.270 e. The first-order valence-corrected chi connectivity index (χ1v) is 9.28. The summed E-state index contributed by atoms with van der Waals surface area (Å²) < 4.78 is 7.60. The Morgan fingerprint density at radius 2 is 1.89 bits per heavy atom. The number of hydrogen-bond acceptors (Lipinski definition) is 8. The Morgan fingerprint density at radius 1 is 1.07 bits per heavy atom. The van der Waals surface area contributed by atoms with Crippen LogP contribution in [0.3, 0.4) is 0 Å². The Bertz CT molecular complexity index is 1130. The molecule has 0 spiro atoms. The van der Waals surface area contributed by atoms with Crippen molar-refractivity contribution in [2.45, 2.75) is 17.8 Å². The number of aryl methyl sites for hydroxylation is 1. The number of para-hydroxylation sites is 1. The SMILES string of the molecule is Cc1nnc(SCc2nnc(-c3cccc([N+](=O)[O-])c3)o2)n1-c1ccccc1. The number of aromatic nitrogens is 5. The van der Waals surface area contributed by atoms with E-state index in [2.05, 4.69) is 20.4 Å². The van der Waals surface area contributed by atoms with E-state index in [1.807, 2.05) is 41.8 Å². The molecule has 0 radical (unpaired) electrons. The molecule has 2 heterocycles. The smallest absolute Gasteiger partial charge is 0.270 e. The fourth-order valence-corrected chi connectivity index (χ4v) is 3.45. The van der Waals surface area contributed by atoms with E-state index in [9.17, 15) is 10.1 Å². The maximum atomic E-state index is 10.9. The summed E-state index contributed by atoms with van der Waals surface area (Å²) in [6.07, 6.45) is 0. The van der Waals surface area contributed by atoms with Crippen LogP contribution < -0.4 is 0 Å². The lowest BCUT2D eigenvalue weighted by Gasteiger charge is -2.07. The van der Waals surface area contributed by atoms with Crippen LogP contribution >= 0.6 is 11.8 Å². The first-order chi connectivity index (χ1) is 13.6. The van der Waals surface area contributed by atoms with E-state index in [1.54, 1.807) is 12.1 Å². The Kier molecular flexibility index (Phi) is 4.85. The van der Waals surface area contributed by atoms with Crippen LogP contribution in [0.5, 0.6) is 0 Å². The van der Waals surface area contributed by atoms with Gasteiger partial charge in [0, 0.05) is 23.4 Å². The van der Waals surface area contributed by atoms with E-state index in [4.69, 9.17) is 4.42 Å². The Morgan fingerprint density at radius 3 is 2.68 bits per heavy atom. The molecule has 0 aliphatic rings. The summed E-state index contributed by atoms with van der Waals surface area (Å²) in [7, 11) is 0. The van der Waals surface area contributed by atoms with Gasteiger partial charge in [0.25, 0.3) is 5.69 Å². The second-order valence-electron chi connectivity index (χ2n) is 5.80. The number of rotatable bonds is 6. The van der Waals surface area contributed by atoms with Gasteiger partial charge in [0.1, 0.15) is 5.82 Å². The number of nitrogens with zero attached hydrogens (tertiary/aromatic N) is 6. The predicted octanol–water partition coefficient (Wildman–Crippen LogP) is 3.83. The molecule has 9 nitrogen and oxygen atoms in total. The summed E-state index contributed by atoms with van der Waals surface area (Å²) >= 11 is 1.42. The van der Waals surface area contributed by atoms with Gasteiger partial charge in [0.05, 0.1) is 10.7 Å². The van der Waals surface area contributed by atoms with Crippen LogP contribution in [0.4, 0.5) is 5.69 Å². The molecule has 0 saturated carbocycles. The maximum absolute atomic E-state index is 10.9. The fraction of sp³-hybridized carbons (Fsp3) is 0.111. The van der Waals surface area contributed by atoms with Crippen molar-refractivity contribution < 1.29 is 9.34 Å². The lowest BCUT2D eigenvalue weighted by atomic mass is 10.2. The van der Waals surface area contributed by atoms with Crippen LogP contribution in [0.15, 0.2) is 64.2 Å². The summed E-state index contributed by atoms with van der Waals surface area (Å²) in [5.74, 6) is 1.80. The van der Waals surface area contributed by atoms with Gasteiger partial charge in [-0.2, -0.15) is 0 Å². The van der Waals surface area contributed by atoms with Gasteiger partial charge >= 0.3 is 0 Å². The summed E-state index contributed by atoms with van der Waals surface area (Å²) in [5.41, 5.74) is 1.44. The summed E-state index contributed by atoms with van der Waals surface area (Å²) in [4.78, 5) is 10.5. The van der Waals surface area contributed by atoms with Crippen molar-refractivity contribution in [3.05, 3.63) is 76.4 Å². The highest BCUT2D eigenvalue weighted by atomic mass is 32.2. The Hall–Kier alpha value is -3.53. The van der Waals surface area contributed by atoms with Crippen molar-refractivity contribution in [1.82, 2.24) is 25.0 Å². The average molecular weight is 394 g/mol. The molecule has 2 aromatic heterocycles. The number of nitro benzene ring substituents is 1. The number of thioether (sulfide) groups is 1. The molecule has 140 valence electrons. The molecule has 10 heteroatoms. The van der Waals surface area contributed by atoms with Gasteiger partial charge in [-0.1, -0.05) is 36.0 Å². The first-order valence-electron chi connectivity index (χ1n) is 8.29. The molecule has 0 unspecified atom stereocenters. The molecule has 2 aromatic carbocycles. The minimum Gasteiger partial charge on any atom is -0.420 e. The highest BCUT2D eigenvalue weighted by Crippen LogP contribution is 2.27. The van der Waals surface area contributed by atoms with Gasteiger partial charge < -0.3 is 4.42 Å². The number of nitro groups is 1. The van der Waals surface area contributed by atoms with E-state index in [1.165, 1.54) is 23.9 Å². The van der Waals surface area contributed by atoms with Gasteiger partial charge in [-0.25, -0.2) is 0 Å². The zero-order valence-corrected chi connectivity index (χ0v) is 15.5. The molecule has 28 heavy (non-hydrogen) atoms. The molecule has 0 fully saturated rings. The van der Waals surface area contributed by atoms with E-state index < -0.39 is 4.92 Å². The molecule has 0 atom stereocenters. The van der Waals surface area contributed by atoms with Crippen molar-refractivity contribution in [3.63, 3.8) is 0 Å². The van der Waals surface area contributed by atoms with E-state index in [-0.39, 0.29) is 11.6 Å². The van der Waals surface area contributed by atoms with Gasteiger partial charge in [-0.05, 0) is 25.1 Å². The highest BCUT2D eigenvalue weighted by molar-refractivity contribution is 7.98. The second kappa shape index (κ2) is 7.61. The van der Waals surface area contributed by atoms with E-state index in [0.717, 1.165) is 11.5 Å². The van der Waals surface area contributed by atoms with Crippen molar-refractivity contribution in [1.29, 1.82) is 0 Å². The minimum atomic E-state index is -0.463. The Labute approximate surface area is 163 Å². The first kappa shape index (κ1) is 17.9. The van der Waals surface area contributed by atoms with Crippen molar-refractivity contribution in [2.75, 3.05) is 0 Å². The Balaban J connectivity index is 1.52. The normalized spacial score (nSPS) is 10.9. The molecular formula is C18H14N6O3S. The third kappa shape index (κ3) is 3.62. The zero-order chi connectivity index (χ0) is 19.5. The zero-order valence-electron chi connectivity index (χ0n) is 14.7. The van der Waals surface area contributed by atoms with Crippen LogP contribution in [0.2, 0.25) is 0 Å². The molecule has 0 bridgehead atoms. The van der Waals surface area contributed by atoms with Crippen LogP contribution in [-0.4, -0.2) is 29.9 Å². The minimum absolute atomic E-state index is 0.0296. The lowest BCUT2D eigenvalue weighted by Crippen LogP contribution is -1.98. The highest BCUT2D eigenvalue weighted by Gasteiger charge is 2.15. The van der Waals surface area contributed by atoms with Gasteiger partial charge in [0.15, 0.2) is 5.16 Å². The quantitative estimate of drug-likeness (QED) is 0.275. The van der Waals surface area contributed by atoms with E-state index >= 15 is 0 Å². The third-order valence-electron chi connectivity index (χ3n) is 3.91. The summed E-state index contributed by atoms with van der Waals surface area (Å²) in [6, 6.07) is 15.9. The molecule has 4 aromatic rings. The van der Waals surface area contributed by atoms with E-state index in [0.29, 0.717) is 22.4 Å².